The first-order valence-corrected chi connectivity index (χ1v) is 6.52. The Morgan fingerprint density at radius 3 is 3.17 bits per heavy atom. The Bertz CT molecular complexity index is 509. The summed E-state index contributed by atoms with van der Waals surface area (Å²) in [6.07, 6.45) is 4.41. The van der Waals surface area contributed by atoms with Crippen LogP contribution in [0.5, 0.6) is 5.75 Å². The topological polar surface area (TPSA) is 38.3 Å². The number of amides is 1. The smallest absolute Gasteiger partial charge is 0.250 e. The van der Waals surface area contributed by atoms with Crippen molar-refractivity contribution >= 4 is 27.9 Å². The second-order valence-electron chi connectivity index (χ2n) is 3.97. The highest BCUT2D eigenvalue weighted by molar-refractivity contribution is 9.10. The molecule has 0 spiro atoms. The average molecular weight is 308 g/mol. The van der Waals surface area contributed by atoms with Crippen molar-refractivity contribution in [1.29, 1.82) is 0 Å². The van der Waals surface area contributed by atoms with Crippen LogP contribution in [0, 0.1) is 0 Å². The molecule has 1 amide bonds. The lowest BCUT2D eigenvalue weighted by Gasteiger charge is -2.17. The molecule has 0 fully saturated rings. The molecule has 2 rings (SSSR count). The van der Waals surface area contributed by atoms with Crippen molar-refractivity contribution < 1.29 is 9.53 Å². The predicted molar refractivity (Wildman–Crippen MR) is 75.4 cm³/mol. The van der Waals surface area contributed by atoms with Crippen LogP contribution in [0.15, 0.2) is 40.9 Å². The molecule has 1 aromatic carbocycles. The molecular weight excluding hydrogens is 294 g/mol. The summed E-state index contributed by atoms with van der Waals surface area (Å²) in [6.45, 7) is 4.53. The van der Waals surface area contributed by atoms with Gasteiger partial charge in [0, 0.05) is 16.6 Å². The zero-order chi connectivity index (χ0) is 13.0. The van der Waals surface area contributed by atoms with Gasteiger partial charge in [0.1, 0.15) is 12.4 Å². The van der Waals surface area contributed by atoms with Crippen molar-refractivity contribution in [3.63, 3.8) is 0 Å². The molecule has 0 saturated carbocycles. The van der Waals surface area contributed by atoms with Crippen LogP contribution in [0.3, 0.4) is 0 Å². The fourth-order valence-corrected chi connectivity index (χ4v) is 2.06. The lowest BCUT2D eigenvalue weighted by atomic mass is 10.1. The van der Waals surface area contributed by atoms with Gasteiger partial charge in [-0.2, -0.15) is 0 Å². The number of carbonyl (C=O) groups excluding carboxylic acids is 1. The lowest BCUT2D eigenvalue weighted by molar-refractivity contribution is -0.117. The van der Waals surface area contributed by atoms with Crippen LogP contribution in [-0.2, 0) is 4.79 Å². The molecule has 0 saturated heterocycles. The van der Waals surface area contributed by atoms with Crippen LogP contribution in [0.4, 0.5) is 0 Å². The van der Waals surface area contributed by atoms with E-state index in [1.54, 1.807) is 6.08 Å². The molecule has 0 atom stereocenters. The van der Waals surface area contributed by atoms with Gasteiger partial charge in [0.25, 0.3) is 5.91 Å². The summed E-state index contributed by atoms with van der Waals surface area (Å²) in [5.41, 5.74) is 1.56. The van der Waals surface area contributed by atoms with E-state index < -0.39 is 0 Å². The Morgan fingerprint density at radius 1 is 1.56 bits per heavy atom. The van der Waals surface area contributed by atoms with Gasteiger partial charge in [-0.1, -0.05) is 22.0 Å². The molecule has 94 valence electrons. The molecule has 1 aliphatic heterocycles. The Hall–Kier alpha value is -1.55. The van der Waals surface area contributed by atoms with Gasteiger partial charge in [-0.3, -0.25) is 4.79 Å². The van der Waals surface area contributed by atoms with E-state index in [1.807, 2.05) is 24.3 Å². The third kappa shape index (κ3) is 3.01. The number of fused-ring (bicyclic) bond motifs is 1. The highest BCUT2D eigenvalue weighted by Gasteiger charge is 2.16. The van der Waals surface area contributed by atoms with Gasteiger partial charge in [-0.15, -0.1) is 6.58 Å². The molecule has 1 heterocycles. The third-order valence-corrected chi connectivity index (χ3v) is 3.10. The van der Waals surface area contributed by atoms with E-state index in [0.717, 1.165) is 22.2 Å². The number of hydrogen-bond acceptors (Lipinski definition) is 2. The van der Waals surface area contributed by atoms with Crippen LogP contribution in [0.1, 0.15) is 12.0 Å². The van der Waals surface area contributed by atoms with Crippen molar-refractivity contribution in [2.75, 3.05) is 13.2 Å². The predicted octanol–water partition coefficient (Wildman–Crippen LogP) is 2.92. The minimum absolute atomic E-state index is 0.0810. The summed E-state index contributed by atoms with van der Waals surface area (Å²) >= 11 is 3.40. The minimum atomic E-state index is -0.0810. The minimum Gasteiger partial charge on any atom is -0.488 e. The van der Waals surface area contributed by atoms with Crippen molar-refractivity contribution in [2.45, 2.75) is 6.42 Å². The van der Waals surface area contributed by atoms with E-state index in [9.17, 15) is 4.79 Å². The van der Waals surface area contributed by atoms with Gasteiger partial charge in [0.05, 0.1) is 5.57 Å². The highest BCUT2D eigenvalue weighted by Crippen LogP contribution is 2.29. The highest BCUT2D eigenvalue weighted by atomic mass is 79.9. The molecule has 3 nitrogen and oxygen atoms in total. The van der Waals surface area contributed by atoms with Crippen molar-refractivity contribution in [3.05, 3.63) is 46.5 Å². The van der Waals surface area contributed by atoms with Gasteiger partial charge < -0.3 is 10.1 Å². The van der Waals surface area contributed by atoms with Gasteiger partial charge >= 0.3 is 0 Å². The average Bonchev–Trinajstić information content (AvgIpc) is 2.38. The normalized spacial score (nSPS) is 13.1. The number of hydrogen-bond donors (Lipinski definition) is 1. The van der Waals surface area contributed by atoms with Gasteiger partial charge in [-0.05, 0) is 30.7 Å². The third-order valence-electron chi connectivity index (χ3n) is 2.61. The van der Waals surface area contributed by atoms with Crippen molar-refractivity contribution in [3.8, 4) is 5.75 Å². The molecule has 0 aromatic heterocycles. The fourth-order valence-electron chi connectivity index (χ4n) is 1.68. The SMILES string of the molecule is C=CCCNC(=O)C1=Cc2cc(Br)ccc2OC1. The van der Waals surface area contributed by atoms with Gasteiger partial charge in [0.15, 0.2) is 0 Å². The summed E-state index contributed by atoms with van der Waals surface area (Å²) in [7, 11) is 0. The zero-order valence-corrected chi connectivity index (χ0v) is 11.5. The second-order valence-corrected chi connectivity index (χ2v) is 4.89. The summed E-state index contributed by atoms with van der Waals surface area (Å²) in [4.78, 5) is 11.9. The number of ether oxygens (including phenoxy) is 1. The number of benzene rings is 1. The second kappa shape index (κ2) is 5.87. The summed E-state index contributed by atoms with van der Waals surface area (Å²) < 4.78 is 6.52. The molecule has 0 bridgehead atoms. The molecule has 0 aliphatic carbocycles. The molecule has 4 heteroatoms. The van der Waals surface area contributed by atoms with Crippen LogP contribution in [0.2, 0.25) is 0 Å². The summed E-state index contributed by atoms with van der Waals surface area (Å²) in [6, 6.07) is 5.75. The maximum Gasteiger partial charge on any atom is 0.250 e. The standard InChI is InChI=1S/C14H14BrNO2/c1-2-3-6-16-14(17)11-7-10-8-12(15)4-5-13(10)18-9-11/h2,4-5,7-8H,1,3,6,9H2,(H,16,17). The zero-order valence-electron chi connectivity index (χ0n) is 9.91. The van der Waals surface area contributed by atoms with E-state index in [-0.39, 0.29) is 5.91 Å². The maximum absolute atomic E-state index is 11.9. The van der Waals surface area contributed by atoms with E-state index in [2.05, 4.69) is 27.8 Å². The number of nitrogens with one attached hydrogen (secondary N) is 1. The Balaban J connectivity index is 2.11. The number of halogens is 1. The number of rotatable bonds is 4. The first-order valence-electron chi connectivity index (χ1n) is 5.72. The van der Waals surface area contributed by atoms with Crippen LogP contribution < -0.4 is 10.1 Å². The van der Waals surface area contributed by atoms with Crippen molar-refractivity contribution in [1.82, 2.24) is 5.32 Å². The van der Waals surface area contributed by atoms with Crippen LogP contribution in [-0.4, -0.2) is 19.1 Å². The summed E-state index contributed by atoms with van der Waals surface area (Å²) in [5.74, 6) is 0.725. The lowest BCUT2D eigenvalue weighted by Crippen LogP contribution is -2.29. The molecule has 0 unspecified atom stereocenters. The molecule has 1 N–H and O–H groups in total. The molecule has 0 radical (unpaired) electrons. The van der Waals surface area contributed by atoms with Crippen LogP contribution >= 0.6 is 15.9 Å². The van der Waals surface area contributed by atoms with E-state index in [0.29, 0.717) is 18.7 Å². The first-order chi connectivity index (χ1) is 8.70. The summed E-state index contributed by atoms with van der Waals surface area (Å²) in [5, 5.41) is 2.83. The first kappa shape index (κ1) is 12.9. The van der Waals surface area contributed by atoms with E-state index in [4.69, 9.17) is 4.74 Å². The quantitative estimate of drug-likeness (QED) is 0.686. The van der Waals surface area contributed by atoms with Gasteiger partial charge in [-0.25, -0.2) is 0 Å². The van der Waals surface area contributed by atoms with Crippen LogP contribution in [0.25, 0.3) is 6.08 Å². The molecule has 1 aliphatic rings. The number of carbonyl (C=O) groups is 1. The Morgan fingerprint density at radius 2 is 2.39 bits per heavy atom. The van der Waals surface area contributed by atoms with E-state index in [1.165, 1.54) is 0 Å². The molecule has 18 heavy (non-hydrogen) atoms. The largest absolute Gasteiger partial charge is 0.488 e. The molecule has 1 aromatic rings. The molecular formula is C14H14BrNO2. The Labute approximate surface area is 115 Å². The van der Waals surface area contributed by atoms with Gasteiger partial charge in [0.2, 0.25) is 0 Å². The maximum atomic E-state index is 11.9. The monoisotopic (exact) mass is 307 g/mol. The fraction of sp³-hybridized carbons (Fsp3) is 0.214. The Kier molecular flexibility index (Phi) is 4.20. The van der Waals surface area contributed by atoms with E-state index >= 15 is 0 Å². The van der Waals surface area contributed by atoms with Crippen molar-refractivity contribution in [2.24, 2.45) is 0 Å².